The predicted molar refractivity (Wildman–Crippen MR) is 70.8 cm³/mol. The number of anilines is 3. The Morgan fingerprint density at radius 1 is 0.950 bits per heavy atom. The van der Waals surface area contributed by atoms with Gasteiger partial charge < -0.3 is 17.2 Å². The third-order valence-electron chi connectivity index (χ3n) is 2.26. The maximum atomic E-state index is 12.9. The Bertz CT molecular complexity index is 624. The van der Waals surface area contributed by atoms with Crippen LogP contribution < -0.4 is 17.2 Å². The average molecular weight is 301 g/mol. The maximum absolute atomic E-state index is 12.9. The molecule has 1 aromatic heterocycles. The monoisotopic (exact) mass is 301 g/mol. The van der Waals surface area contributed by atoms with Crippen LogP contribution in [-0.4, -0.2) is 9.97 Å². The van der Waals surface area contributed by atoms with E-state index in [9.17, 15) is 13.2 Å². The molecule has 0 radical (unpaired) electrons. The normalized spacial score (nSPS) is 11.6. The third kappa shape index (κ3) is 3.23. The molecule has 0 aliphatic carbocycles. The molecule has 2 aromatic rings. The molecule has 1 aromatic carbocycles. The topological polar surface area (TPSA) is 104 Å². The Kier molecular flexibility index (Phi) is 3.62. The van der Waals surface area contributed by atoms with Gasteiger partial charge in [0.2, 0.25) is 0 Å². The molecule has 6 N–H and O–H groups in total. The minimum absolute atomic E-state index is 0.0229. The van der Waals surface area contributed by atoms with Crippen LogP contribution >= 0.6 is 11.8 Å². The van der Waals surface area contributed by atoms with Gasteiger partial charge in [0, 0.05) is 16.6 Å². The van der Waals surface area contributed by atoms with Crippen molar-refractivity contribution >= 4 is 29.1 Å². The van der Waals surface area contributed by atoms with Crippen molar-refractivity contribution in [3.8, 4) is 0 Å². The molecule has 106 valence electrons. The van der Waals surface area contributed by atoms with Gasteiger partial charge in [-0.15, -0.1) is 0 Å². The van der Waals surface area contributed by atoms with Gasteiger partial charge in [-0.3, -0.25) is 0 Å². The molecule has 0 spiro atoms. The molecular weight excluding hydrogens is 291 g/mol. The van der Waals surface area contributed by atoms with Crippen molar-refractivity contribution in [3.05, 3.63) is 29.8 Å². The SMILES string of the molecule is Nc1ccc(Sc2nc(N)cc(N)n2)c(C(F)(F)F)c1. The second-order valence-corrected chi connectivity index (χ2v) is 4.86. The Hall–Kier alpha value is -2.16. The second kappa shape index (κ2) is 5.08. The highest BCUT2D eigenvalue weighted by Crippen LogP contribution is 2.39. The zero-order valence-corrected chi connectivity index (χ0v) is 10.8. The Morgan fingerprint density at radius 2 is 1.55 bits per heavy atom. The van der Waals surface area contributed by atoms with E-state index in [2.05, 4.69) is 9.97 Å². The fourth-order valence-corrected chi connectivity index (χ4v) is 2.38. The summed E-state index contributed by atoms with van der Waals surface area (Å²) < 4.78 is 38.8. The van der Waals surface area contributed by atoms with Crippen LogP contribution in [-0.2, 0) is 6.18 Å². The molecule has 1 heterocycles. The Balaban J connectivity index is 2.43. The minimum Gasteiger partial charge on any atom is -0.399 e. The molecule has 0 fully saturated rings. The lowest BCUT2D eigenvalue weighted by atomic mass is 10.2. The van der Waals surface area contributed by atoms with Crippen molar-refractivity contribution in [2.24, 2.45) is 0 Å². The van der Waals surface area contributed by atoms with Crippen LogP contribution in [0.2, 0.25) is 0 Å². The molecule has 0 atom stereocenters. The summed E-state index contributed by atoms with van der Waals surface area (Å²) in [4.78, 5) is 7.58. The molecule has 0 saturated heterocycles. The average Bonchev–Trinajstić information content (AvgIpc) is 2.28. The van der Waals surface area contributed by atoms with Crippen molar-refractivity contribution < 1.29 is 13.2 Å². The van der Waals surface area contributed by atoms with Crippen LogP contribution in [0.3, 0.4) is 0 Å². The molecule has 0 aliphatic heterocycles. The summed E-state index contributed by atoms with van der Waals surface area (Å²) in [5, 5.41) is 0.0396. The lowest BCUT2D eigenvalue weighted by Gasteiger charge is -2.12. The van der Waals surface area contributed by atoms with Crippen molar-refractivity contribution in [1.29, 1.82) is 0 Å². The molecular formula is C11H10F3N5S. The van der Waals surface area contributed by atoms with Gasteiger partial charge in [0.1, 0.15) is 11.6 Å². The molecule has 9 heteroatoms. The number of hydrogen-bond donors (Lipinski definition) is 3. The minimum atomic E-state index is -4.52. The zero-order valence-electron chi connectivity index (χ0n) is 9.98. The third-order valence-corrected chi connectivity index (χ3v) is 3.20. The van der Waals surface area contributed by atoms with Gasteiger partial charge in [0.25, 0.3) is 0 Å². The molecule has 2 rings (SSSR count). The summed E-state index contributed by atoms with van der Waals surface area (Å²) in [6.45, 7) is 0. The molecule has 0 aliphatic rings. The van der Waals surface area contributed by atoms with Crippen LogP contribution in [0.4, 0.5) is 30.5 Å². The highest BCUT2D eigenvalue weighted by Gasteiger charge is 2.34. The summed E-state index contributed by atoms with van der Waals surface area (Å²) in [6.07, 6.45) is -4.52. The first-order chi connectivity index (χ1) is 9.25. The molecule has 5 nitrogen and oxygen atoms in total. The Morgan fingerprint density at radius 3 is 2.10 bits per heavy atom. The number of nitrogens with zero attached hydrogens (tertiary/aromatic N) is 2. The van der Waals surface area contributed by atoms with E-state index in [-0.39, 0.29) is 27.4 Å². The van der Waals surface area contributed by atoms with Crippen molar-refractivity contribution in [2.45, 2.75) is 16.2 Å². The zero-order chi connectivity index (χ0) is 14.9. The summed E-state index contributed by atoms with van der Waals surface area (Å²) >= 11 is 0.720. The van der Waals surface area contributed by atoms with E-state index < -0.39 is 11.7 Å². The standard InChI is InChI=1S/C11H10F3N5S/c12-11(13,14)6-3-5(15)1-2-7(6)20-10-18-8(16)4-9(17)19-10/h1-4H,15H2,(H4,16,17,18,19). The summed E-state index contributed by atoms with van der Waals surface area (Å²) in [5.74, 6) is 0.174. The quantitative estimate of drug-likeness (QED) is 0.581. The number of nitrogens with two attached hydrogens (primary N) is 3. The number of halogens is 3. The van der Waals surface area contributed by atoms with Gasteiger partial charge in [-0.1, -0.05) is 0 Å². The van der Waals surface area contributed by atoms with E-state index in [1.807, 2.05) is 0 Å². The number of nitrogen functional groups attached to an aromatic ring is 3. The predicted octanol–water partition coefficient (Wildman–Crippen LogP) is 2.39. The summed E-state index contributed by atoms with van der Waals surface area (Å²) in [7, 11) is 0. The van der Waals surface area contributed by atoms with Crippen molar-refractivity contribution in [1.82, 2.24) is 9.97 Å². The number of hydrogen-bond acceptors (Lipinski definition) is 6. The molecule has 20 heavy (non-hydrogen) atoms. The lowest BCUT2D eigenvalue weighted by Crippen LogP contribution is -2.08. The highest BCUT2D eigenvalue weighted by atomic mass is 32.2. The fraction of sp³-hybridized carbons (Fsp3) is 0.0909. The molecule has 0 unspecified atom stereocenters. The number of benzene rings is 1. The van der Waals surface area contributed by atoms with Gasteiger partial charge in [0.05, 0.1) is 5.56 Å². The van der Waals surface area contributed by atoms with Crippen LogP contribution in [0.25, 0.3) is 0 Å². The van der Waals surface area contributed by atoms with Gasteiger partial charge in [-0.05, 0) is 30.0 Å². The van der Waals surface area contributed by atoms with Crippen LogP contribution in [0.15, 0.2) is 34.3 Å². The largest absolute Gasteiger partial charge is 0.417 e. The van der Waals surface area contributed by atoms with Crippen LogP contribution in [0.5, 0.6) is 0 Å². The van der Waals surface area contributed by atoms with E-state index >= 15 is 0 Å². The molecule has 0 bridgehead atoms. The van der Waals surface area contributed by atoms with Gasteiger partial charge >= 0.3 is 6.18 Å². The van der Waals surface area contributed by atoms with Gasteiger partial charge in [-0.2, -0.15) is 13.2 Å². The summed E-state index contributed by atoms with van der Waals surface area (Å²) in [5.41, 5.74) is 15.5. The summed E-state index contributed by atoms with van der Waals surface area (Å²) in [6, 6.07) is 4.80. The van der Waals surface area contributed by atoms with Crippen molar-refractivity contribution in [2.75, 3.05) is 17.2 Å². The first-order valence-corrected chi connectivity index (χ1v) is 6.12. The van der Waals surface area contributed by atoms with Crippen LogP contribution in [0, 0.1) is 0 Å². The van der Waals surface area contributed by atoms with Gasteiger partial charge in [0.15, 0.2) is 5.16 Å². The van der Waals surface area contributed by atoms with Crippen LogP contribution in [0.1, 0.15) is 5.56 Å². The van der Waals surface area contributed by atoms with E-state index in [1.54, 1.807) is 0 Å². The first kappa shape index (κ1) is 14.3. The second-order valence-electron chi connectivity index (χ2n) is 3.86. The fourth-order valence-electron chi connectivity index (χ4n) is 1.46. The van der Waals surface area contributed by atoms with E-state index in [4.69, 9.17) is 17.2 Å². The van der Waals surface area contributed by atoms with E-state index in [1.165, 1.54) is 18.2 Å². The first-order valence-electron chi connectivity index (χ1n) is 5.30. The number of aromatic nitrogens is 2. The number of rotatable bonds is 2. The van der Waals surface area contributed by atoms with Gasteiger partial charge in [-0.25, -0.2) is 9.97 Å². The molecule has 0 saturated carbocycles. The van der Waals surface area contributed by atoms with E-state index in [0.717, 1.165) is 17.8 Å². The number of alkyl halides is 3. The highest BCUT2D eigenvalue weighted by molar-refractivity contribution is 7.99. The lowest BCUT2D eigenvalue weighted by molar-refractivity contribution is -0.139. The molecule has 0 amide bonds. The Labute approximate surface area is 116 Å². The van der Waals surface area contributed by atoms with Crippen molar-refractivity contribution in [3.63, 3.8) is 0 Å². The maximum Gasteiger partial charge on any atom is 0.417 e. The smallest absolute Gasteiger partial charge is 0.399 e. The van der Waals surface area contributed by atoms with E-state index in [0.29, 0.717) is 0 Å².